The molecule has 2 nitrogen and oxygen atoms in total. The second-order valence-electron chi connectivity index (χ2n) is 3.34. The smallest absolute Gasteiger partial charge is 0.155 e. The van der Waals surface area contributed by atoms with E-state index < -0.39 is 6.29 Å². The Morgan fingerprint density at radius 3 is 2.60 bits per heavy atom. The van der Waals surface area contributed by atoms with Crippen molar-refractivity contribution in [1.29, 1.82) is 0 Å². The normalized spacial score (nSPS) is 13.6. The molecule has 0 aliphatic heterocycles. The van der Waals surface area contributed by atoms with Gasteiger partial charge in [-0.3, -0.25) is 0 Å². The number of aliphatic hydroxyl groups is 2. The van der Waals surface area contributed by atoms with E-state index in [-0.39, 0.29) is 6.42 Å². The van der Waals surface area contributed by atoms with Gasteiger partial charge in [0.15, 0.2) is 6.29 Å². The van der Waals surface area contributed by atoms with Crippen molar-refractivity contribution >= 4 is 12.2 Å². The lowest BCUT2D eigenvalue weighted by molar-refractivity contribution is -0.0381. The molecule has 0 fully saturated rings. The zero-order valence-electron chi connectivity index (χ0n) is 8.85. The maximum absolute atomic E-state index is 8.87. The van der Waals surface area contributed by atoms with Gasteiger partial charge in [0.2, 0.25) is 0 Å². The monoisotopic (exact) mass is 204 g/mol. The van der Waals surface area contributed by atoms with Gasteiger partial charge >= 0.3 is 0 Å². The Morgan fingerprint density at radius 2 is 2.07 bits per heavy atom. The van der Waals surface area contributed by atoms with Crippen LogP contribution in [0, 0.1) is 0 Å². The second kappa shape index (κ2) is 5.49. The Balaban J connectivity index is 3.23. The summed E-state index contributed by atoms with van der Waals surface area (Å²) in [6.45, 7) is 5.62. The molecule has 15 heavy (non-hydrogen) atoms. The van der Waals surface area contributed by atoms with Crippen molar-refractivity contribution in [2.24, 2.45) is 0 Å². The quantitative estimate of drug-likeness (QED) is 0.696. The van der Waals surface area contributed by atoms with Crippen molar-refractivity contribution in [3.05, 3.63) is 46.9 Å². The average molecular weight is 204 g/mol. The minimum absolute atomic E-state index is 0.252. The van der Waals surface area contributed by atoms with Gasteiger partial charge in [-0.1, -0.05) is 43.0 Å². The largest absolute Gasteiger partial charge is 0.368 e. The zero-order chi connectivity index (χ0) is 11.3. The summed E-state index contributed by atoms with van der Waals surface area (Å²) in [6.07, 6.45) is 4.60. The lowest BCUT2D eigenvalue weighted by atomic mass is 10.1. The maximum atomic E-state index is 8.87. The number of allylic oxidation sites excluding steroid dienone is 1. The Bertz CT molecular complexity index is 444. The summed E-state index contributed by atoms with van der Waals surface area (Å²) in [5.74, 6) is 0. The Kier molecular flexibility index (Phi) is 4.28. The lowest BCUT2D eigenvalue weighted by Gasteiger charge is -2.03. The van der Waals surface area contributed by atoms with Gasteiger partial charge in [-0.15, -0.1) is 0 Å². The molecule has 2 heteroatoms. The van der Waals surface area contributed by atoms with E-state index in [2.05, 4.69) is 6.58 Å². The summed E-state index contributed by atoms with van der Waals surface area (Å²) >= 11 is 0. The molecule has 80 valence electrons. The first-order chi connectivity index (χ1) is 7.17. The maximum Gasteiger partial charge on any atom is 0.155 e. The second-order valence-corrected chi connectivity index (χ2v) is 3.34. The fourth-order valence-electron chi connectivity index (χ4n) is 1.50. The fourth-order valence-corrected chi connectivity index (χ4v) is 1.50. The van der Waals surface area contributed by atoms with E-state index in [0.717, 1.165) is 16.0 Å². The molecule has 0 saturated heterocycles. The van der Waals surface area contributed by atoms with Gasteiger partial charge in [0, 0.05) is 6.42 Å². The molecule has 1 aromatic carbocycles. The first kappa shape index (κ1) is 11.7. The van der Waals surface area contributed by atoms with Crippen LogP contribution in [0.5, 0.6) is 0 Å². The Morgan fingerprint density at radius 1 is 1.33 bits per heavy atom. The van der Waals surface area contributed by atoms with Gasteiger partial charge in [0.1, 0.15) is 0 Å². The topological polar surface area (TPSA) is 40.5 Å². The molecule has 0 amide bonds. The number of hydrogen-bond acceptors (Lipinski definition) is 2. The van der Waals surface area contributed by atoms with Crippen LogP contribution in [0.25, 0.3) is 12.2 Å². The standard InChI is InChI=1S/C13H16O2/c1-3-5-12-8-10(9-13(14)15)6-7-11(12)4-2/h3-8,13-15H,1,9H2,2H3/b11-4-,12-5-. The minimum atomic E-state index is -1.29. The summed E-state index contributed by atoms with van der Waals surface area (Å²) in [7, 11) is 0. The summed E-state index contributed by atoms with van der Waals surface area (Å²) in [5.41, 5.74) is 0.906. The molecular weight excluding hydrogens is 188 g/mol. The summed E-state index contributed by atoms with van der Waals surface area (Å²) in [6, 6.07) is 5.80. The number of aliphatic hydroxyl groups excluding tert-OH is 1. The molecule has 0 bridgehead atoms. The van der Waals surface area contributed by atoms with Gasteiger partial charge in [-0.2, -0.15) is 0 Å². The third kappa shape index (κ3) is 3.35. The molecule has 2 N–H and O–H groups in total. The molecule has 0 radical (unpaired) electrons. The molecule has 1 aromatic rings. The van der Waals surface area contributed by atoms with Gasteiger partial charge in [0.25, 0.3) is 0 Å². The van der Waals surface area contributed by atoms with Gasteiger partial charge in [0.05, 0.1) is 0 Å². The van der Waals surface area contributed by atoms with Crippen LogP contribution in [-0.4, -0.2) is 16.5 Å². The van der Waals surface area contributed by atoms with Crippen molar-refractivity contribution in [2.45, 2.75) is 19.6 Å². The number of rotatable bonds is 3. The molecule has 1 rings (SSSR count). The summed E-state index contributed by atoms with van der Waals surface area (Å²) in [4.78, 5) is 0. The van der Waals surface area contributed by atoms with Crippen molar-refractivity contribution in [2.75, 3.05) is 0 Å². The van der Waals surface area contributed by atoms with Crippen molar-refractivity contribution < 1.29 is 10.2 Å². The van der Waals surface area contributed by atoms with Crippen LogP contribution in [0.4, 0.5) is 0 Å². The Labute approximate surface area is 89.5 Å². The molecule has 0 unspecified atom stereocenters. The molecule has 0 aliphatic carbocycles. The van der Waals surface area contributed by atoms with Crippen LogP contribution in [0.3, 0.4) is 0 Å². The van der Waals surface area contributed by atoms with Crippen molar-refractivity contribution in [3.63, 3.8) is 0 Å². The zero-order valence-corrected chi connectivity index (χ0v) is 8.85. The van der Waals surface area contributed by atoms with E-state index in [4.69, 9.17) is 10.2 Å². The molecule has 0 heterocycles. The van der Waals surface area contributed by atoms with Crippen LogP contribution >= 0.6 is 0 Å². The highest BCUT2D eigenvalue weighted by molar-refractivity contribution is 5.39. The molecule has 0 aromatic heterocycles. The van der Waals surface area contributed by atoms with Crippen LogP contribution in [0.1, 0.15) is 12.5 Å². The van der Waals surface area contributed by atoms with Gasteiger partial charge in [-0.25, -0.2) is 0 Å². The SMILES string of the molecule is C=C/C=c1/cc(CC(O)O)cc/c1=C/C. The molecule has 0 spiro atoms. The van der Waals surface area contributed by atoms with E-state index >= 15 is 0 Å². The number of benzene rings is 1. The lowest BCUT2D eigenvalue weighted by Crippen LogP contribution is -2.25. The average Bonchev–Trinajstić information content (AvgIpc) is 2.18. The van der Waals surface area contributed by atoms with Crippen molar-refractivity contribution in [3.8, 4) is 0 Å². The molecule has 0 saturated carbocycles. The molecular formula is C13H16O2. The molecule has 0 aliphatic rings. The number of hydrogen-bond donors (Lipinski definition) is 2. The summed E-state index contributed by atoms with van der Waals surface area (Å²) in [5, 5.41) is 19.9. The van der Waals surface area contributed by atoms with Crippen LogP contribution in [0.15, 0.2) is 30.9 Å². The fraction of sp³-hybridized carbons (Fsp3) is 0.231. The van der Waals surface area contributed by atoms with Crippen molar-refractivity contribution in [1.82, 2.24) is 0 Å². The predicted molar refractivity (Wildman–Crippen MR) is 62.4 cm³/mol. The van der Waals surface area contributed by atoms with E-state index in [1.54, 1.807) is 6.08 Å². The van der Waals surface area contributed by atoms with Gasteiger partial charge in [-0.05, 0) is 22.9 Å². The van der Waals surface area contributed by atoms with E-state index in [1.807, 2.05) is 37.3 Å². The van der Waals surface area contributed by atoms with Crippen LogP contribution in [-0.2, 0) is 6.42 Å². The van der Waals surface area contributed by atoms with E-state index in [0.29, 0.717) is 0 Å². The van der Waals surface area contributed by atoms with Crippen LogP contribution < -0.4 is 10.4 Å². The third-order valence-corrected chi connectivity index (χ3v) is 2.18. The Hall–Kier alpha value is -1.38. The third-order valence-electron chi connectivity index (χ3n) is 2.18. The van der Waals surface area contributed by atoms with Gasteiger partial charge < -0.3 is 10.2 Å². The van der Waals surface area contributed by atoms with E-state index in [9.17, 15) is 0 Å². The van der Waals surface area contributed by atoms with Crippen LogP contribution in [0.2, 0.25) is 0 Å². The highest BCUT2D eigenvalue weighted by atomic mass is 16.5. The first-order valence-corrected chi connectivity index (χ1v) is 4.91. The highest BCUT2D eigenvalue weighted by Gasteiger charge is 1.99. The predicted octanol–water partition coefficient (Wildman–Crippen LogP) is 0.307. The van der Waals surface area contributed by atoms with E-state index in [1.165, 1.54) is 0 Å². The first-order valence-electron chi connectivity index (χ1n) is 4.91. The minimum Gasteiger partial charge on any atom is -0.368 e. The molecule has 0 atom stereocenters. The highest BCUT2D eigenvalue weighted by Crippen LogP contribution is 1.96. The summed E-state index contributed by atoms with van der Waals surface area (Å²) < 4.78 is 0.